The van der Waals surface area contributed by atoms with Gasteiger partial charge in [0.05, 0.1) is 0 Å². The van der Waals surface area contributed by atoms with E-state index in [1.54, 1.807) is 0 Å². The maximum Gasteiger partial charge on any atom is -0.0178 e. The molecule has 0 aliphatic carbocycles. The summed E-state index contributed by atoms with van der Waals surface area (Å²) in [5.74, 6) is 0.682. The third-order valence-corrected chi connectivity index (χ3v) is 4.26. The molecule has 0 unspecified atom stereocenters. The maximum atomic E-state index is 4.32. The lowest BCUT2D eigenvalue weighted by Crippen LogP contribution is -1.94. The van der Waals surface area contributed by atoms with Gasteiger partial charge < -0.3 is 0 Å². The highest BCUT2D eigenvalue weighted by atomic mass is 14.1. The highest BCUT2D eigenvalue weighted by molar-refractivity contribution is 5.80. The summed E-state index contributed by atoms with van der Waals surface area (Å²) in [4.78, 5) is 0. The minimum absolute atomic E-state index is 0.682. The van der Waals surface area contributed by atoms with Crippen LogP contribution in [0.4, 0.5) is 0 Å². The molecule has 0 spiro atoms. The zero-order valence-corrected chi connectivity index (χ0v) is 14.5. The summed E-state index contributed by atoms with van der Waals surface area (Å²) in [5, 5.41) is 0. The monoisotopic (exact) mass is 312 g/mol. The summed E-state index contributed by atoms with van der Waals surface area (Å²) in [6.45, 7) is 8.82. The molecule has 3 aromatic rings. The zero-order chi connectivity index (χ0) is 16.9. The van der Waals surface area contributed by atoms with Crippen LogP contribution in [0.1, 0.15) is 30.5 Å². The molecule has 0 saturated heterocycles. The van der Waals surface area contributed by atoms with Crippen molar-refractivity contribution in [3.05, 3.63) is 102 Å². The van der Waals surface area contributed by atoms with E-state index < -0.39 is 0 Å². The molecule has 3 rings (SSSR count). The predicted octanol–water partition coefficient (Wildman–Crippen LogP) is 6.61. The fourth-order valence-corrected chi connectivity index (χ4v) is 3.00. The summed E-state index contributed by atoms with van der Waals surface area (Å²) < 4.78 is 0. The van der Waals surface area contributed by atoms with Gasteiger partial charge >= 0.3 is 0 Å². The second kappa shape index (κ2) is 7.31. The van der Waals surface area contributed by atoms with Gasteiger partial charge in [0.2, 0.25) is 0 Å². The Labute approximate surface area is 145 Å². The summed E-state index contributed by atoms with van der Waals surface area (Å²) in [6.07, 6.45) is 1.12. The van der Waals surface area contributed by atoms with Gasteiger partial charge in [-0.05, 0) is 51.8 Å². The van der Waals surface area contributed by atoms with Crippen LogP contribution in [0.15, 0.2) is 85.4 Å². The average molecular weight is 312 g/mol. The fourth-order valence-electron chi connectivity index (χ4n) is 3.00. The number of hydrogen-bond acceptors (Lipinski definition) is 0. The summed E-state index contributed by atoms with van der Waals surface area (Å²) in [5.41, 5.74) is 7.29. The van der Waals surface area contributed by atoms with E-state index in [4.69, 9.17) is 0 Å². The predicted molar refractivity (Wildman–Crippen MR) is 105 cm³/mol. The van der Waals surface area contributed by atoms with Gasteiger partial charge in [-0.15, -0.1) is 0 Å². The Morgan fingerprint density at radius 3 is 2.08 bits per heavy atom. The highest BCUT2D eigenvalue weighted by Crippen LogP contribution is 2.27. The minimum atomic E-state index is 0.682. The molecule has 0 fully saturated rings. The van der Waals surface area contributed by atoms with Crippen molar-refractivity contribution in [2.45, 2.75) is 20.3 Å². The van der Waals surface area contributed by atoms with E-state index in [2.05, 4.69) is 93.2 Å². The van der Waals surface area contributed by atoms with E-state index >= 15 is 0 Å². The van der Waals surface area contributed by atoms with Crippen LogP contribution in [-0.4, -0.2) is 0 Å². The fraction of sp³-hybridized carbons (Fsp3) is 0.167. The molecule has 0 N–H and O–H groups in total. The quantitative estimate of drug-likeness (QED) is 0.497. The van der Waals surface area contributed by atoms with Gasteiger partial charge in [-0.3, -0.25) is 0 Å². The lowest BCUT2D eigenvalue weighted by atomic mass is 9.94. The number of hydrogen-bond donors (Lipinski definition) is 0. The Hall–Kier alpha value is -2.60. The van der Waals surface area contributed by atoms with Crippen molar-refractivity contribution in [1.29, 1.82) is 0 Å². The maximum absolute atomic E-state index is 4.32. The third-order valence-electron chi connectivity index (χ3n) is 4.26. The molecule has 0 aliphatic heterocycles. The van der Waals surface area contributed by atoms with Crippen molar-refractivity contribution in [1.82, 2.24) is 0 Å². The largest absolute Gasteiger partial charge is 0.0906 e. The van der Waals surface area contributed by atoms with Crippen molar-refractivity contribution in [3.63, 3.8) is 0 Å². The van der Waals surface area contributed by atoms with Gasteiger partial charge in [0.15, 0.2) is 0 Å². The Bertz CT molecular complexity index is 808. The van der Waals surface area contributed by atoms with Crippen LogP contribution in [0.3, 0.4) is 0 Å². The Balaban J connectivity index is 1.85. The first kappa shape index (κ1) is 16.3. The lowest BCUT2D eigenvalue weighted by molar-refractivity contribution is 0.647. The molecule has 0 nitrogen and oxygen atoms in total. The van der Waals surface area contributed by atoms with Crippen LogP contribution in [0.25, 0.3) is 16.7 Å². The molecule has 3 aromatic carbocycles. The van der Waals surface area contributed by atoms with E-state index in [-0.39, 0.29) is 0 Å². The smallest absolute Gasteiger partial charge is 0.0178 e. The molecule has 0 amide bonds. The van der Waals surface area contributed by atoms with Crippen LogP contribution in [0.2, 0.25) is 0 Å². The van der Waals surface area contributed by atoms with Crippen LogP contribution in [-0.2, 0) is 6.42 Å². The second-order valence-corrected chi connectivity index (χ2v) is 6.72. The standard InChI is InChI=1S/C24H24/c1-18(2)16-20-12-14-21(15-13-20)19(3)23-10-7-11-24(17-23)22-8-5-4-6-9-22/h4-15,17-18H,3,16H2,1-2H3. The van der Waals surface area contributed by atoms with Gasteiger partial charge in [0.1, 0.15) is 0 Å². The van der Waals surface area contributed by atoms with E-state index in [0.717, 1.165) is 12.0 Å². The van der Waals surface area contributed by atoms with Gasteiger partial charge in [-0.2, -0.15) is 0 Å². The molecular formula is C24H24. The zero-order valence-electron chi connectivity index (χ0n) is 14.5. The molecule has 0 atom stereocenters. The SMILES string of the molecule is C=C(c1ccc(CC(C)C)cc1)c1cccc(-c2ccccc2)c1. The molecular weight excluding hydrogens is 288 g/mol. The van der Waals surface area contributed by atoms with Crippen molar-refractivity contribution < 1.29 is 0 Å². The number of benzene rings is 3. The van der Waals surface area contributed by atoms with Crippen LogP contribution < -0.4 is 0 Å². The molecule has 0 heteroatoms. The van der Waals surface area contributed by atoms with E-state index in [1.807, 2.05) is 6.07 Å². The van der Waals surface area contributed by atoms with Gasteiger partial charge in [0.25, 0.3) is 0 Å². The molecule has 0 bridgehead atoms. The summed E-state index contributed by atoms with van der Waals surface area (Å²) in [7, 11) is 0. The van der Waals surface area contributed by atoms with Crippen LogP contribution in [0, 0.1) is 5.92 Å². The topological polar surface area (TPSA) is 0 Å². The first-order valence-electron chi connectivity index (χ1n) is 8.57. The van der Waals surface area contributed by atoms with E-state index in [0.29, 0.717) is 5.92 Å². The van der Waals surface area contributed by atoms with Crippen molar-refractivity contribution in [2.24, 2.45) is 5.92 Å². The van der Waals surface area contributed by atoms with Gasteiger partial charge in [-0.25, -0.2) is 0 Å². The van der Waals surface area contributed by atoms with Crippen LogP contribution in [0.5, 0.6) is 0 Å². The third kappa shape index (κ3) is 3.83. The normalized spacial score (nSPS) is 10.8. The summed E-state index contributed by atoms with van der Waals surface area (Å²) >= 11 is 0. The highest BCUT2D eigenvalue weighted by Gasteiger charge is 2.05. The Morgan fingerprint density at radius 2 is 1.42 bits per heavy atom. The molecule has 0 heterocycles. The van der Waals surface area contributed by atoms with Crippen molar-refractivity contribution in [2.75, 3.05) is 0 Å². The molecule has 0 saturated carbocycles. The Morgan fingerprint density at radius 1 is 0.750 bits per heavy atom. The summed E-state index contributed by atoms with van der Waals surface area (Å²) in [6, 6.07) is 27.9. The van der Waals surface area contributed by atoms with Gasteiger partial charge in [0, 0.05) is 0 Å². The van der Waals surface area contributed by atoms with Crippen molar-refractivity contribution in [3.8, 4) is 11.1 Å². The minimum Gasteiger partial charge on any atom is -0.0906 e. The second-order valence-electron chi connectivity index (χ2n) is 6.72. The Kier molecular flexibility index (Phi) is 4.96. The lowest BCUT2D eigenvalue weighted by Gasteiger charge is -2.11. The van der Waals surface area contributed by atoms with Crippen molar-refractivity contribution >= 4 is 5.57 Å². The van der Waals surface area contributed by atoms with E-state index in [9.17, 15) is 0 Å². The first-order chi connectivity index (χ1) is 11.6. The van der Waals surface area contributed by atoms with E-state index in [1.165, 1.54) is 27.8 Å². The molecule has 120 valence electrons. The molecule has 0 radical (unpaired) electrons. The molecule has 0 aliphatic rings. The average Bonchev–Trinajstić information content (AvgIpc) is 2.62. The first-order valence-corrected chi connectivity index (χ1v) is 8.57. The van der Waals surface area contributed by atoms with Gasteiger partial charge in [-0.1, -0.05) is 93.2 Å². The van der Waals surface area contributed by atoms with Crippen LogP contribution >= 0.6 is 0 Å². The molecule has 0 aromatic heterocycles. The molecule has 24 heavy (non-hydrogen) atoms. The number of rotatable bonds is 5.